The van der Waals surface area contributed by atoms with Gasteiger partial charge in [0.2, 0.25) is 0 Å². The normalized spacial score (nSPS) is 11.4. The lowest BCUT2D eigenvalue weighted by Gasteiger charge is -2.00. The predicted molar refractivity (Wildman–Crippen MR) is 70.7 cm³/mol. The van der Waals surface area contributed by atoms with E-state index in [0.29, 0.717) is 5.88 Å². The van der Waals surface area contributed by atoms with Crippen LogP contribution in [0.5, 0.6) is 0 Å². The lowest BCUT2D eigenvalue weighted by atomic mass is 10.3. The second kappa shape index (κ2) is 3.87. The van der Waals surface area contributed by atoms with Crippen LogP contribution in [-0.4, -0.2) is 9.38 Å². The van der Waals surface area contributed by atoms with Crippen molar-refractivity contribution in [1.29, 1.82) is 0 Å². The van der Waals surface area contributed by atoms with Crippen molar-refractivity contribution in [1.82, 2.24) is 9.38 Å². The van der Waals surface area contributed by atoms with E-state index in [1.54, 1.807) is 22.7 Å². The molecule has 3 aromatic heterocycles. The van der Waals surface area contributed by atoms with Gasteiger partial charge in [0.15, 0.2) is 4.96 Å². The Morgan fingerprint density at radius 3 is 3.06 bits per heavy atom. The standard InChI is InChI=1S/C11H9ClN2S2/c1-7-10(9-3-2-4-15-9)14-8(5-12)6-13-11(14)16-7/h2-4,6H,5H2,1H3. The highest BCUT2D eigenvalue weighted by molar-refractivity contribution is 7.18. The molecular weight excluding hydrogens is 260 g/mol. The molecule has 0 radical (unpaired) electrons. The van der Waals surface area contributed by atoms with E-state index in [9.17, 15) is 0 Å². The van der Waals surface area contributed by atoms with Crippen molar-refractivity contribution in [3.63, 3.8) is 0 Å². The molecule has 0 N–H and O–H groups in total. The van der Waals surface area contributed by atoms with Crippen LogP contribution in [0, 0.1) is 6.92 Å². The number of aromatic nitrogens is 2. The molecule has 0 aliphatic rings. The van der Waals surface area contributed by atoms with Crippen molar-refractivity contribution < 1.29 is 0 Å². The summed E-state index contributed by atoms with van der Waals surface area (Å²) >= 11 is 9.40. The summed E-state index contributed by atoms with van der Waals surface area (Å²) in [5.74, 6) is 0.496. The van der Waals surface area contributed by atoms with Gasteiger partial charge in [0.05, 0.1) is 28.3 Å². The number of nitrogens with zero attached hydrogens (tertiary/aromatic N) is 2. The summed E-state index contributed by atoms with van der Waals surface area (Å²) in [6.07, 6.45) is 1.86. The molecule has 5 heteroatoms. The molecule has 3 aromatic rings. The second-order valence-corrected chi connectivity index (χ2v) is 5.88. The molecule has 0 aliphatic heterocycles. The van der Waals surface area contributed by atoms with Gasteiger partial charge in [-0.05, 0) is 18.4 Å². The Morgan fingerprint density at radius 2 is 2.38 bits per heavy atom. The molecule has 0 unspecified atom stereocenters. The minimum Gasteiger partial charge on any atom is -0.285 e. The SMILES string of the molecule is Cc1sc2ncc(CCl)n2c1-c1cccs1. The Morgan fingerprint density at radius 1 is 1.50 bits per heavy atom. The Hall–Kier alpha value is -0.840. The van der Waals surface area contributed by atoms with Gasteiger partial charge >= 0.3 is 0 Å². The van der Waals surface area contributed by atoms with Crippen molar-refractivity contribution in [3.8, 4) is 10.6 Å². The first kappa shape index (κ1) is 10.3. The Kier molecular flexibility index (Phi) is 2.50. The summed E-state index contributed by atoms with van der Waals surface area (Å²) in [6, 6.07) is 4.21. The number of aryl methyl sites for hydroxylation is 1. The second-order valence-electron chi connectivity index (χ2n) is 3.49. The molecule has 0 aromatic carbocycles. The number of hydrogen-bond acceptors (Lipinski definition) is 3. The largest absolute Gasteiger partial charge is 0.285 e. The van der Waals surface area contributed by atoms with Gasteiger partial charge in [-0.1, -0.05) is 6.07 Å². The number of rotatable bonds is 2. The third kappa shape index (κ3) is 1.41. The molecule has 0 bridgehead atoms. The van der Waals surface area contributed by atoms with Gasteiger partial charge in [-0.25, -0.2) is 4.98 Å². The highest BCUT2D eigenvalue weighted by Gasteiger charge is 2.15. The van der Waals surface area contributed by atoms with Crippen LogP contribution < -0.4 is 0 Å². The van der Waals surface area contributed by atoms with Crippen LogP contribution >= 0.6 is 34.3 Å². The summed E-state index contributed by atoms with van der Waals surface area (Å²) in [5, 5.41) is 2.09. The molecule has 0 saturated carbocycles. The van der Waals surface area contributed by atoms with Gasteiger partial charge in [-0.15, -0.1) is 34.3 Å². The zero-order valence-electron chi connectivity index (χ0n) is 8.61. The maximum Gasteiger partial charge on any atom is 0.194 e. The number of imidazole rings is 1. The van der Waals surface area contributed by atoms with Gasteiger partial charge in [0.25, 0.3) is 0 Å². The predicted octanol–water partition coefficient (Wildman–Crippen LogP) is 4.17. The molecule has 3 rings (SSSR count). The molecule has 0 atom stereocenters. The molecule has 0 aliphatic carbocycles. The topological polar surface area (TPSA) is 17.3 Å². The first-order chi connectivity index (χ1) is 7.81. The van der Waals surface area contributed by atoms with Gasteiger partial charge in [-0.2, -0.15) is 0 Å². The van der Waals surface area contributed by atoms with Crippen LogP contribution in [0.2, 0.25) is 0 Å². The number of fused-ring (bicyclic) bond motifs is 1. The number of halogens is 1. The van der Waals surface area contributed by atoms with E-state index in [1.165, 1.54) is 15.4 Å². The summed E-state index contributed by atoms with van der Waals surface area (Å²) in [4.78, 5) is 7.97. The third-order valence-electron chi connectivity index (χ3n) is 2.50. The quantitative estimate of drug-likeness (QED) is 0.638. The van der Waals surface area contributed by atoms with E-state index < -0.39 is 0 Å². The Labute approximate surface area is 106 Å². The average Bonchev–Trinajstić information content (AvgIpc) is 2.92. The minimum absolute atomic E-state index is 0.496. The van der Waals surface area contributed by atoms with E-state index in [4.69, 9.17) is 11.6 Å². The van der Waals surface area contributed by atoms with Crippen molar-refractivity contribution in [2.24, 2.45) is 0 Å². The van der Waals surface area contributed by atoms with Gasteiger partial charge in [0.1, 0.15) is 0 Å². The van der Waals surface area contributed by atoms with Crippen molar-refractivity contribution in [2.75, 3.05) is 0 Å². The monoisotopic (exact) mass is 268 g/mol. The lowest BCUT2D eigenvalue weighted by Crippen LogP contribution is -1.90. The minimum atomic E-state index is 0.496. The van der Waals surface area contributed by atoms with Gasteiger partial charge in [0, 0.05) is 4.88 Å². The first-order valence-corrected chi connectivity index (χ1v) is 7.10. The number of alkyl halides is 1. The van der Waals surface area contributed by atoms with Crippen LogP contribution in [-0.2, 0) is 5.88 Å². The van der Waals surface area contributed by atoms with Crippen molar-refractivity contribution >= 4 is 39.2 Å². The van der Waals surface area contributed by atoms with Crippen LogP contribution in [0.15, 0.2) is 23.7 Å². The van der Waals surface area contributed by atoms with Crippen LogP contribution in [0.4, 0.5) is 0 Å². The zero-order chi connectivity index (χ0) is 11.1. The zero-order valence-corrected chi connectivity index (χ0v) is 11.0. The van der Waals surface area contributed by atoms with Gasteiger partial charge < -0.3 is 0 Å². The van der Waals surface area contributed by atoms with E-state index in [-0.39, 0.29) is 0 Å². The summed E-state index contributed by atoms with van der Waals surface area (Å²) < 4.78 is 2.17. The number of thiophene rings is 1. The molecule has 0 amide bonds. The number of hydrogen-bond donors (Lipinski definition) is 0. The molecule has 16 heavy (non-hydrogen) atoms. The summed E-state index contributed by atoms with van der Waals surface area (Å²) in [6.45, 7) is 2.13. The number of thiazole rings is 1. The molecule has 0 saturated heterocycles. The molecule has 0 spiro atoms. The van der Waals surface area contributed by atoms with E-state index >= 15 is 0 Å². The van der Waals surface area contributed by atoms with E-state index in [1.807, 2.05) is 6.20 Å². The van der Waals surface area contributed by atoms with Crippen molar-refractivity contribution in [2.45, 2.75) is 12.8 Å². The molecule has 0 fully saturated rings. The maximum absolute atomic E-state index is 5.94. The van der Waals surface area contributed by atoms with Crippen molar-refractivity contribution in [3.05, 3.63) is 34.3 Å². The van der Waals surface area contributed by atoms with Crippen LogP contribution in [0.3, 0.4) is 0 Å². The summed E-state index contributed by atoms with van der Waals surface area (Å²) in [5.41, 5.74) is 2.30. The molecular formula is C11H9ClN2S2. The third-order valence-corrected chi connectivity index (χ3v) is 4.62. The molecule has 82 valence electrons. The fourth-order valence-electron chi connectivity index (χ4n) is 1.81. The van der Waals surface area contributed by atoms with Crippen LogP contribution in [0.1, 0.15) is 10.6 Å². The maximum atomic E-state index is 5.94. The highest BCUT2D eigenvalue weighted by Crippen LogP contribution is 2.34. The van der Waals surface area contributed by atoms with Crippen LogP contribution in [0.25, 0.3) is 15.5 Å². The summed E-state index contributed by atoms with van der Waals surface area (Å²) in [7, 11) is 0. The van der Waals surface area contributed by atoms with Gasteiger partial charge in [-0.3, -0.25) is 4.40 Å². The average molecular weight is 269 g/mol. The lowest BCUT2D eigenvalue weighted by molar-refractivity contribution is 1.12. The fraction of sp³-hybridized carbons (Fsp3) is 0.182. The van der Waals surface area contributed by atoms with E-state index in [0.717, 1.165) is 10.7 Å². The highest BCUT2D eigenvalue weighted by atomic mass is 35.5. The molecule has 3 heterocycles. The van der Waals surface area contributed by atoms with E-state index in [2.05, 4.69) is 33.8 Å². The Balaban J connectivity index is 2.37. The first-order valence-electron chi connectivity index (χ1n) is 4.87. The fourth-order valence-corrected chi connectivity index (χ4v) is 3.86. The smallest absolute Gasteiger partial charge is 0.194 e. The molecule has 2 nitrogen and oxygen atoms in total. The Bertz CT molecular complexity index is 622.